The van der Waals surface area contributed by atoms with Crippen molar-refractivity contribution in [1.29, 1.82) is 0 Å². The quantitative estimate of drug-likeness (QED) is 0.871. The van der Waals surface area contributed by atoms with Gasteiger partial charge in [0.25, 0.3) is 0 Å². The summed E-state index contributed by atoms with van der Waals surface area (Å²) in [6.07, 6.45) is -1.85. The molecule has 1 aliphatic rings. The summed E-state index contributed by atoms with van der Waals surface area (Å²) in [7, 11) is 0. The molecule has 1 aromatic heterocycles. The predicted octanol–water partition coefficient (Wildman–Crippen LogP) is 1.12. The first-order valence-electron chi connectivity index (χ1n) is 5.89. The van der Waals surface area contributed by atoms with Crippen molar-refractivity contribution in [3.05, 3.63) is 39.7 Å². The van der Waals surface area contributed by atoms with E-state index in [1.54, 1.807) is 0 Å². The Labute approximate surface area is 123 Å². The van der Waals surface area contributed by atoms with Crippen molar-refractivity contribution >= 4 is 23.5 Å². The predicted molar refractivity (Wildman–Crippen MR) is 72.9 cm³/mol. The van der Waals surface area contributed by atoms with E-state index in [1.807, 2.05) is 0 Å². The zero-order valence-corrected chi connectivity index (χ0v) is 11.4. The van der Waals surface area contributed by atoms with Gasteiger partial charge in [0.2, 0.25) is 0 Å². The Balaban J connectivity index is 2.51. The number of hydrogen-bond acceptors (Lipinski definition) is 5. The van der Waals surface area contributed by atoms with Crippen LogP contribution in [0, 0.1) is 0 Å². The molecule has 0 amide bonds. The Kier molecular flexibility index (Phi) is 4.71. The van der Waals surface area contributed by atoms with Gasteiger partial charge in [-0.25, -0.2) is 13.6 Å². The number of anilines is 1. The van der Waals surface area contributed by atoms with Crippen molar-refractivity contribution in [2.45, 2.75) is 18.5 Å². The lowest BCUT2D eigenvalue weighted by Gasteiger charge is -2.15. The summed E-state index contributed by atoms with van der Waals surface area (Å²) in [5.41, 5.74) is 5.73. The SMILES string of the molecule is Nc1nc(=O)n(C2OC(CO)C(F)C2=CF)cc1C=CCl. The van der Waals surface area contributed by atoms with E-state index in [1.165, 1.54) is 12.3 Å². The molecule has 1 aromatic rings. The molecule has 0 radical (unpaired) electrons. The van der Waals surface area contributed by atoms with Gasteiger partial charge in [-0.3, -0.25) is 4.57 Å². The zero-order valence-electron chi connectivity index (χ0n) is 10.6. The van der Waals surface area contributed by atoms with E-state index in [4.69, 9.17) is 27.2 Å². The smallest absolute Gasteiger partial charge is 0.351 e. The molecule has 1 saturated heterocycles. The number of aliphatic hydroxyl groups is 1. The van der Waals surface area contributed by atoms with Crippen molar-refractivity contribution in [3.8, 4) is 0 Å². The summed E-state index contributed by atoms with van der Waals surface area (Å²) in [5, 5.41) is 9.00. The fraction of sp³-hybridized carbons (Fsp3) is 0.333. The third-order valence-electron chi connectivity index (χ3n) is 3.05. The van der Waals surface area contributed by atoms with Gasteiger partial charge in [-0.15, -0.1) is 0 Å². The average Bonchev–Trinajstić information content (AvgIpc) is 2.78. The number of alkyl halides is 1. The van der Waals surface area contributed by atoms with Crippen LogP contribution in [0.5, 0.6) is 0 Å². The highest BCUT2D eigenvalue weighted by Gasteiger charge is 2.41. The van der Waals surface area contributed by atoms with Crippen molar-refractivity contribution in [2.75, 3.05) is 12.3 Å². The molecule has 1 fully saturated rings. The molecule has 2 rings (SSSR count). The molecule has 114 valence electrons. The van der Waals surface area contributed by atoms with Gasteiger partial charge in [-0.1, -0.05) is 11.6 Å². The van der Waals surface area contributed by atoms with Gasteiger partial charge in [0.05, 0.1) is 12.9 Å². The lowest BCUT2D eigenvalue weighted by molar-refractivity contribution is -0.0322. The van der Waals surface area contributed by atoms with Crippen LogP contribution in [0.15, 0.2) is 28.4 Å². The molecule has 0 bridgehead atoms. The molecule has 2 heterocycles. The minimum atomic E-state index is -1.86. The van der Waals surface area contributed by atoms with Crippen LogP contribution in [0.4, 0.5) is 14.6 Å². The Hall–Kier alpha value is -1.77. The first kappa shape index (κ1) is 15.6. The van der Waals surface area contributed by atoms with E-state index in [-0.39, 0.29) is 17.7 Å². The minimum absolute atomic E-state index is 0.0187. The molecule has 21 heavy (non-hydrogen) atoms. The third-order valence-corrected chi connectivity index (χ3v) is 3.17. The number of halogens is 3. The molecule has 9 heteroatoms. The zero-order chi connectivity index (χ0) is 15.6. The molecule has 0 aliphatic carbocycles. The largest absolute Gasteiger partial charge is 0.394 e. The number of nitrogens with two attached hydrogens (primary N) is 1. The first-order chi connectivity index (χ1) is 10.0. The van der Waals surface area contributed by atoms with E-state index in [2.05, 4.69) is 4.98 Å². The number of nitrogen functional groups attached to an aromatic ring is 1. The second-order valence-corrected chi connectivity index (χ2v) is 4.54. The number of aromatic nitrogens is 2. The summed E-state index contributed by atoms with van der Waals surface area (Å²) in [6.45, 7) is -0.652. The van der Waals surface area contributed by atoms with Gasteiger partial charge in [0, 0.05) is 22.9 Å². The molecular weight excluding hydrogens is 308 g/mol. The Morgan fingerprint density at radius 1 is 1.62 bits per heavy atom. The summed E-state index contributed by atoms with van der Waals surface area (Å²) in [6, 6.07) is 0. The van der Waals surface area contributed by atoms with Crippen LogP contribution in [0.25, 0.3) is 6.08 Å². The molecule has 6 nitrogen and oxygen atoms in total. The van der Waals surface area contributed by atoms with E-state index < -0.39 is 36.4 Å². The van der Waals surface area contributed by atoms with Crippen LogP contribution in [0.3, 0.4) is 0 Å². The highest BCUT2D eigenvalue weighted by molar-refractivity contribution is 6.27. The van der Waals surface area contributed by atoms with Gasteiger partial charge < -0.3 is 15.6 Å². The van der Waals surface area contributed by atoms with E-state index >= 15 is 0 Å². The van der Waals surface area contributed by atoms with Gasteiger partial charge >= 0.3 is 5.69 Å². The molecule has 0 spiro atoms. The molecular formula is C12H12ClF2N3O3. The molecule has 0 saturated carbocycles. The van der Waals surface area contributed by atoms with Crippen LogP contribution in [-0.2, 0) is 4.74 Å². The molecule has 0 aromatic carbocycles. The van der Waals surface area contributed by atoms with Gasteiger partial charge in [-0.2, -0.15) is 4.98 Å². The third kappa shape index (κ3) is 2.82. The van der Waals surface area contributed by atoms with Gasteiger partial charge in [-0.05, 0) is 6.08 Å². The maximum atomic E-state index is 13.9. The van der Waals surface area contributed by atoms with Crippen LogP contribution < -0.4 is 11.4 Å². The Morgan fingerprint density at radius 2 is 2.33 bits per heavy atom. The fourth-order valence-electron chi connectivity index (χ4n) is 2.00. The van der Waals surface area contributed by atoms with Gasteiger partial charge in [0.1, 0.15) is 11.9 Å². The second-order valence-electron chi connectivity index (χ2n) is 4.28. The summed E-state index contributed by atoms with van der Waals surface area (Å²) in [4.78, 5) is 15.4. The Bertz CT molecular complexity index is 647. The van der Waals surface area contributed by atoms with E-state index in [0.29, 0.717) is 0 Å². The van der Waals surface area contributed by atoms with Crippen LogP contribution in [-0.4, -0.2) is 33.5 Å². The highest BCUT2D eigenvalue weighted by atomic mass is 35.5. The summed E-state index contributed by atoms with van der Waals surface area (Å²) >= 11 is 5.44. The molecule has 3 atom stereocenters. The highest BCUT2D eigenvalue weighted by Crippen LogP contribution is 2.35. The molecule has 3 N–H and O–H groups in total. The van der Waals surface area contributed by atoms with Crippen LogP contribution in [0.2, 0.25) is 0 Å². The molecule has 1 aliphatic heterocycles. The lowest BCUT2D eigenvalue weighted by atomic mass is 10.1. The minimum Gasteiger partial charge on any atom is -0.394 e. The number of ether oxygens (including phenoxy) is 1. The maximum absolute atomic E-state index is 13.9. The Morgan fingerprint density at radius 3 is 2.90 bits per heavy atom. The summed E-state index contributed by atoms with van der Waals surface area (Å²) in [5.74, 6) is -0.0765. The number of hydrogen-bond donors (Lipinski definition) is 2. The van der Waals surface area contributed by atoms with Crippen LogP contribution >= 0.6 is 11.6 Å². The average molecular weight is 320 g/mol. The second kappa shape index (κ2) is 6.33. The van der Waals surface area contributed by atoms with Crippen molar-refractivity contribution in [2.24, 2.45) is 0 Å². The number of rotatable bonds is 3. The monoisotopic (exact) mass is 319 g/mol. The van der Waals surface area contributed by atoms with Crippen molar-refractivity contribution in [1.82, 2.24) is 9.55 Å². The summed E-state index contributed by atoms with van der Waals surface area (Å²) < 4.78 is 32.8. The molecule has 3 unspecified atom stereocenters. The van der Waals surface area contributed by atoms with E-state index in [9.17, 15) is 13.6 Å². The lowest BCUT2D eigenvalue weighted by Crippen LogP contribution is -2.29. The van der Waals surface area contributed by atoms with Crippen LogP contribution in [0.1, 0.15) is 11.8 Å². The fourth-order valence-corrected chi connectivity index (χ4v) is 2.14. The van der Waals surface area contributed by atoms with Crippen molar-refractivity contribution in [3.63, 3.8) is 0 Å². The van der Waals surface area contributed by atoms with Crippen molar-refractivity contribution < 1.29 is 18.6 Å². The topological polar surface area (TPSA) is 90.4 Å². The maximum Gasteiger partial charge on any atom is 0.351 e. The van der Waals surface area contributed by atoms with Gasteiger partial charge in [0.15, 0.2) is 12.4 Å². The first-order valence-corrected chi connectivity index (χ1v) is 6.33. The normalized spacial score (nSPS) is 27.8. The van der Waals surface area contributed by atoms with E-state index in [0.717, 1.165) is 10.1 Å². The number of nitrogens with zero attached hydrogens (tertiary/aromatic N) is 2. The standard InChI is InChI=1S/C12H12ClF2N3O3/c13-2-1-6-4-18(12(20)17-10(6)16)11-7(3-14)9(15)8(5-19)21-11/h1-4,8-9,11,19H,5H2,(H2,16,17,20). The number of aliphatic hydroxyl groups excluding tert-OH is 1.